The van der Waals surface area contributed by atoms with E-state index in [0.29, 0.717) is 154 Å². The van der Waals surface area contributed by atoms with Gasteiger partial charge in [0.1, 0.15) is 23.9 Å². The van der Waals surface area contributed by atoms with Crippen LogP contribution in [0.5, 0.6) is 11.5 Å². The van der Waals surface area contributed by atoms with Gasteiger partial charge in [0, 0.05) is 18.5 Å². The quantitative estimate of drug-likeness (QED) is 0.0153. The maximum Gasteiger partial charge on any atom is 0.313 e. The number of halogens is 4. The molecule has 3 N–H and O–H groups in total. The van der Waals surface area contributed by atoms with E-state index in [9.17, 15) is 35.6 Å². The monoisotopic (exact) mass is 1120 g/mol. The van der Waals surface area contributed by atoms with Crippen LogP contribution in [-0.4, -0.2) is 197 Å². The molecule has 1 aliphatic rings. The van der Waals surface area contributed by atoms with Crippen LogP contribution in [0.1, 0.15) is 44.4 Å². The van der Waals surface area contributed by atoms with Crippen LogP contribution in [0.2, 0.25) is 0 Å². The summed E-state index contributed by atoms with van der Waals surface area (Å²) in [5, 5.41) is 5.88. The Kier molecular flexibility index (Phi) is 30.7. The fraction of sp³-hybridized carbons (Fsp3) is 0.592. The highest BCUT2D eigenvalue weighted by atomic mass is 32.2. The summed E-state index contributed by atoms with van der Waals surface area (Å²) in [4.78, 5) is 32.9. The zero-order chi connectivity index (χ0) is 55.7. The number of carbonyl (C=O) groups excluding carboxylic acids is 2. The first-order valence-corrected chi connectivity index (χ1v) is 26.3. The number of benzene rings is 2. The second kappa shape index (κ2) is 36.8. The van der Waals surface area contributed by atoms with E-state index in [0.717, 1.165) is 12.0 Å². The van der Waals surface area contributed by atoms with E-state index in [2.05, 4.69) is 14.8 Å². The van der Waals surface area contributed by atoms with Crippen molar-refractivity contribution in [2.24, 2.45) is 10.7 Å². The average molecular weight is 1120 g/mol. The lowest BCUT2D eigenvalue weighted by atomic mass is 10.1. The number of rotatable bonds is 43. The van der Waals surface area contributed by atoms with E-state index >= 15 is 0 Å². The zero-order valence-electron chi connectivity index (χ0n) is 43.2. The summed E-state index contributed by atoms with van der Waals surface area (Å²) in [7, 11) is -5.65. The Balaban J connectivity index is 0.854. The Morgan fingerprint density at radius 1 is 0.662 bits per heavy atom. The van der Waals surface area contributed by atoms with E-state index in [4.69, 9.17) is 67.2 Å². The van der Waals surface area contributed by atoms with Gasteiger partial charge in [-0.3, -0.25) is 23.7 Å². The normalized spacial score (nSPS) is 12.6. The number of carbonyl (C=O) groups is 2. The van der Waals surface area contributed by atoms with Crippen molar-refractivity contribution in [1.82, 2.24) is 14.8 Å². The molecule has 3 aromatic rings. The Hall–Kier alpha value is -5.21. The fourth-order valence-corrected chi connectivity index (χ4v) is 7.26. The van der Waals surface area contributed by atoms with Gasteiger partial charge in [0.2, 0.25) is 17.4 Å². The maximum absolute atomic E-state index is 14.0. The van der Waals surface area contributed by atoms with Crippen molar-refractivity contribution in [2.75, 3.05) is 152 Å². The molecular formula is C49H69F4N5O18S. The van der Waals surface area contributed by atoms with Crippen LogP contribution in [0, 0.1) is 23.3 Å². The van der Waals surface area contributed by atoms with Gasteiger partial charge in [-0.25, -0.2) is 18.8 Å². The molecule has 0 atom stereocenters. The number of nitrogens with zero attached hydrogens (tertiary/aromatic N) is 4. The Morgan fingerprint density at radius 2 is 1.10 bits per heavy atom. The van der Waals surface area contributed by atoms with Gasteiger partial charge in [0.05, 0.1) is 164 Å². The topological polar surface area (TPSA) is 268 Å². The molecule has 0 unspecified atom stereocenters. The summed E-state index contributed by atoms with van der Waals surface area (Å²) in [6.45, 7) is 11.8. The highest BCUT2D eigenvalue weighted by molar-refractivity contribution is 7.85. The van der Waals surface area contributed by atoms with Gasteiger partial charge in [-0.2, -0.15) is 22.3 Å². The van der Waals surface area contributed by atoms with E-state index < -0.39 is 56.4 Å². The van der Waals surface area contributed by atoms with Gasteiger partial charge in [-0.15, -0.1) is 0 Å². The summed E-state index contributed by atoms with van der Waals surface area (Å²) < 4.78 is 153. The van der Waals surface area contributed by atoms with Crippen molar-refractivity contribution in [3.05, 3.63) is 70.6 Å². The van der Waals surface area contributed by atoms with E-state index in [-0.39, 0.29) is 45.4 Å². The first-order chi connectivity index (χ1) is 37.2. The van der Waals surface area contributed by atoms with Gasteiger partial charge < -0.3 is 62.6 Å². The van der Waals surface area contributed by atoms with Crippen LogP contribution in [0.4, 0.5) is 23.2 Å². The first-order valence-electron chi connectivity index (χ1n) is 24.8. The molecule has 0 aliphatic carbocycles. The minimum atomic E-state index is -5.65. The van der Waals surface area contributed by atoms with Crippen LogP contribution in [0.3, 0.4) is 0 Å². The second-order valence-electron chi connectivity index (χ2n) is 16.1. The SMILES string of the molecule is CCCN(OCC)C(=O)C1=Cc2c(cnn2Cc2ccc(OCCOCCOCCOCCOCCOCCOCCOCCOCCOCCOCCC(=O)Oc3c(F)c(F)c(S(=O)(=O)O)c(F)c3F)cc2)N=C(N)C1. The molecule has 23 nitrogen and oxygen atoms in total. The lowest BCUT2D eigenvalue weighted by Crippen LogP contribution is -2.34. The average Bonchev–Trinajstić information content (AvgIpc) is 3.67. The minimum absolute atomic E-state index is 0.0203. The Bertz CT molecular complexity index is 2370. The van der Waals surface area contributed by atoms with Crippen molar-refractivity contribution in [2.45, 2.75) is 44.6 Å². The third kappa shape index (κ3) is 24.1. The molecule has 432 valence electrons. The predicted octanol–water partition coefficient (Wildman–Crippen LogP) is 4.24. The molecule has 0 spiro atoms. The van der Waals surface area contributed by atoms with Crippen LogP contribution < -0.4 is 15.2 Å². The number of amides is 1. The second-order valence-corrected chi connectivity index (χ2v) is 17.4. The number of esters is 1. The number of aliphatic imine (C=N–C) groups is 1. The highest BCUT2D eigenvalue weighted by Crippen LogP contribution is 2.33. The predicted molar refractivity (Wildman–Crippen MR) is 265 cm³/mol. The van der Waals surface area contributed by atoms with Crippen LogP contribution in [0.15, 0.2) is 45.9 Å². The number of aromatic nitrogens is 2. The molecule has 28 heteroatoms. The van der Waals surface area contributed by atoms with Crippen LogP contribution in [0.25, 0.3) is 6.08 Å². The molecule has 1 amide bonds. The summed E-state index contributed by atoms with van der Waals surface area (Å²) in [5.74, 6) is -11.9. The molecule has 1 aromatic heterocycles. The van der Waals surface area contributed by atoms with Gasteiger partial charge in [-0.05, 0) is 37.1 Å². The highest BCUT2D eigenvalue weighted by Gasteiger charge is 2.34. The number of amidine groups is 1. The fourth-order valence-electron chi connectivity index (χ4n) is 6.62. The van der Waals surface area contributed by atoms with E-state index in [1.165, 1.54) is 5.06 Å². The number of hydrogen-bond donors (Lipinski definition) is 2. The van der Waals surface area contributed by atoms with Gasteiger partial charge >= 0.3 is 16.1 Å². The third-order valence-electron chi connectivity index (χ3n) is 10.2. The Morgan fingerprint density at radius 3 is 1.53 bits per heavy atom. The lowest BCUT2D eigenvalue weighted by Gasteiger charge is -2.21. The molecule has 1 aliphatic heterocycles. The smallest absolute Gasteiger partial charge is 0.313 e. The maximum atomic E-state index is 14.0. The van der Waals surface area contributed by atoms with Crippen molar-refractivity contribution in [1.29, 1.82) is 0 Å². The standard InChI is InChI=1S/C49H69F4N5O18S/c1-3-10-58(75-4-2)49(60)37-32-40-39(56-41(54)33-37)34-55-57(40)35-36-5-7-38(8-6-36)74-31-30-73-29-28-72-27-26-71-25-24-70-23-22-69-21-20-68-19-18-67-17-16-66-15-14-65-13-12-64-11-9-42(59)76-47-43(50)45(52)48(77(61,62)63)46(53)44(47)51/h5-8,32,34H,3-4,9-31,33,35H2,1-2H3,(H2,54,56)(H,61,62,63). The minimum Gasteiger partial charge on any atom is -0.491 e. The molecule has 4 rings (SSSR count). The molecule has 0 fully saturated rings. The van der Waals surface area contributed by atoms with Crippen molar-refractivity contribution in [3.63, 3.8) is 0 Å². The number of nitrogens with two attached hydrogens (primary N) is 1. The number of hydroxylamine groups is 2. The molecule has 0 bridgehead atoms. The summed E-state index contributed by atoms with van der Waals surface area (Å²) >= 11 is 0. The summed E-state index contributed by atoms with van der Waals surface area (Å²) in [6, 6.07) is 7.68. The number of ether oxygens (including phenoxy) is 12. The summed E-state index contributed by atoms with van der Waals surface area (Å²) in [5.41, 5.74) is 8.92. The zero-order valence-corrected chi connectivity index (χ0v) is 44.0. The van der Waals surface area contributed by atoms with Crippen LogP contribution >= 0.6 is 0 Å². The number of fused-ring (bicyclic) bond motifs is 1. The molecular weight excluding hydrogens is 1050 g/mol. The molecule has 0 saturated heterocycles. The van der Waals surface area contributed by atoms with E-state index in [1.54, 1.807) is 17.0 Å². The van der Waals surface area contributed by atoms with Crippen molar-refractivity contribution in [3.8, 4) is 11.5 Å². The van der Waals surface area contributed by atoms with Gasteiger partial charge in [0.15, 0.2) is 16.5 Å². The first kappa shape index (κ1) is 64.3. The molecule has 0 saturated carbocycles. The lowest BCUT2D eigenvalue weighted by molar-refractivity contribution is -0.180. The summed E-state index contributed by atoms with van der Waals surface area (Å²) in [6.07, 6.45) is 3.82. The van der Waals surface area contributed by atoms with E-state index in [1.807, 2.05) is 38.1 Å². The van der Waals surface area contributed by atoms with Crippen molar-refractivity contribution < 1.29 is 102 Å². The Labute approximate surface area is 444 Å². The van der Waals surface area contributed by atoms with Crippen LogP contribution in [-0.2, 0) is 78.5 Å². The largest absolute Gasteiger partial charge is 0.491 e. The molecule has 2 heterocycles. The van der Waals surface area contributed by atoms with Gasteiger partial charge in [0.25, 0.3) is 5.91 Å². The third-order valence-corrected chi connectivity index (χ3v) is 11.1. The molecule has 2 aromatic carbocycles. The van der Waals surface area contributed by atoms with Crippen molar-refractivity contribution >= 4 is 39.6 Å². The van der Waals surface area contributed by atoms with Gasteiger partial charge in [-0.1, -0.05) is 19.1 Å². The molecule has 77 heavy (non-hydrogen) atoms. The molecule has 0 radical (unpaired) electrons. The number of hydrogen-bond acceptors (Lipinski definition) is 20.